The number of nitrogen functional groups attached to an aromatic ring is 1. The maximum absolute atomic E-state index is 9.88. The van der Waals surface area contributed by atoms with Gasteiger partial charge in [0, 0.05) is 18.1 Å². The highest BCUT2D eigenvalue weighted by molar-refractivity contribution is 6.31. The van der Waals surface area contributed by atoms with Gasteiger partial charge in [0.15, 0.2) is 0 Å². The summed E-state index contributed by atoms with van der Waals surface area (Å²) in [5, 5.41) is 10.6. The van der Waals surface area contributed by atoms with Gasteiger partial charge in [0.25, 0.3) is 0 Å². The molecule has 1 heterocycles. The summed E-state index contributed by atoms with van der Waals surface area (Å²) >= 11 is 5.96. The summed E-state index contributed by atoms with van der Waals surface area (Å²) in [5.41, 5.74) is 7.10. The van der Waals surface area contributed by atoms with Gasteiger partial charge in [0.2, 0.25) is 0 Å². The van der Waals surface area contributed by atoms with Gasteiger partial charge in [-0.05, 0) is 38.0 Å². The lowest BCUT2D eigenvalue weighted by atomic mass is 9.93. The van der Waals surface area contributed by atoms with Crippen molar-refractivity contribution >= 4 is 23.0 Å². The van der Waals surface area contributed by atoms with Crippen molar-refractivity contribution in [3.8, 4) is 0 Å². The number of benzene rings is 1. The molecule has 1 aliphatic rings. The van der Waals surface area contributed by atoms with Crippen molar-refractivity contribution in [1.82, 2.24) is 0 Å². The summed E-state index contributed by atoms with van der Waals surface area (Å²) in [6.45, 7) is 3.51. The van der Waals surface area contributed by atoms with Crippen LogP contribution in [0.3, 0.4) is 0 Å². The van der Waals surface area contributed by atoms with Gasteiger partial charge < -0.3 is 15.7 Å². The van der Waals surface area contributed by atoms with Crippen molar-refractivity contribution in [1.29, 1.82) is 0 Å². The molecule has 16 heavy (non-hydrogen) atoms. The van der Waals surface area contributed by atoms with Gasteiger partial charge in [-0.15, -0.1) is 0 Å². The Balaban J connectivity index is 2.17. The van der Waals surface area contributed by atoms with Crippen LogP contribution in [0.2, 0.25) is 5.02 Å². The number of halogens is 1. The zero-order valence-electron chi connectivity index (χ0n) is 9.41. The minimum atomic E-state index is -0.538. The fraction of sp³-hybridized carbons (Fsp3) is 0.500. The largest absolute Gasteiger partial charge is 0.397 e. The van der Waals surface area contributed by atoms with Crippen LogP contribution in [0.1, 0.15) is 19.8 Å². The molecule has 0 amide bonds. The molecule has 2 rings (SSSR count). The number of aliphatic hydroxyl groups is 1. The average Bonchev–Trinajstić information content (AvgIpc) is 2.22. The van der Waals surface area contributed by atoms with Crippen LogP contribution in [0.25, 0.3) is 0 Å². The molecule has 1 aliphatic heterocycles. The van der Waals surface area contributed by atoms with E-state index < -0.39 is 5.60 Å². The van der Waals surface area contributed by atoms with Crippen LogP contribution in [-0.2, 0) is 0 Å². The maximum Gasteiger partial charge on any atom is 0.0653 e. The second-order valence-corrected chi connectivity index (χ2v) is 5.12. The summed E-state index contributed by atoms with van der Waals surface area (Å²) in [5.74, 6) is 0. The van der Waals surface area contributed by atoms with Crippen molar-refractivity contribution in [2.75, 3.05) is 23.7 Å². The summed E-state index contributed by atoms with van der Waals surface area (Å²) in [6.07, 6.45) is 1.53. The third-order valence-corrected chi connectivity index (χ3v) is 3.41. The lowest BCUT2D eigenvalue weighted by Gasteiger charge is -2.37. The minimum Gasteiger partial charge on any atom is -0.397 e. The molecule has 1 fully saturated rings. The number of anilines is 2. The van der Waals surface area contributed by atoms with E-state index in [1.54, 1.807) is 6.07 Å². The Morgan fingerprint density at radius 1 is 1.38 bits per heavy atom. The van der Waals surface area contributed by atoms with Crippen molar-refractivity contribution < 1.29 is 5.11 Å². The fourth-order valence-electron chi connectivity index (χ4n) is 2.02. The second kappa shape index (κ2) is 4.15. The minimum absolute atomic E-state index is 0.538. The van der Waals surface area contributed by atoms with Crippen LogP contribution in [0.15, 0.2) is 18.2 Å². The van der Waals surface area contributed by atoms with Gasteiger partial charge in [0.05, 0.1) is 17.0 Å². The molecule has 1 aromatic rings. The zero-order chi connectivity index (χ0) is 11.8. The molecule has 0 aliphatic carbocycles. The molecule has 0 atom stereocenters. The van der Waals surface area contributed by atoms with Gasteiger partial charge in [-0.2, -0.15) is 0 Å². The van der Waals surface area contributed by atoms with Gasteiger partial charge in [-0.3, -0.25) is 0 Å². The fourth-order valence-corrected chi connectivity index (χ4v) is 2.19. The number of hydrogen-bond donors (Lipinski definition) is 2. The first kappa shape index (κ1) is 11.6. The topological polar surface area (TPSA) is 49.5 Å². The smallest absolute Gasteiger partial charge is 0.0653 e. The van der Waals surface area contributed by atoms with Gasteiger partial charge in [0.1, 0.15) is 0 Å². The monoisotopic (exact) mass is 240 g/mol. The van der Waals surface area contributed by atoms with Crippen molar-refractivity contribution in [3.05, 3.63) is 23.2 Å². The predicted octanol–water partition coefficient (Wildman–Crippen LogP) is 2.27. The molecular formula is C12H17ClN2O. The molecule has 3 nitrogen and oxygen atoms in total. The van der Waals surface area contributed by atoms with Crippen molar-refractivity contribution in [3.63, 3.8) is 0 Å². The summed E-state index contributed by atoms with van der Waals surface area (Å²) in [4.78, 5) is 2.18. The second-order valence-electron chi connectivity index (χ2n) is 4.69. The van der Waals surface area contributed by atoms with E-state index in [-0.39, 0.29) is 0 Å². The lowest BCUT2D eigenvalue weighted by molar-refractivity contribution is 0.0351. The Labute approximate surface area is 101 Å². The van der Waals surface area contributed by atoms with E-state index in [2.05, 4.69) is 4.90 Å². The Morgan fingerprint density at radius 2 is 2.00 bits per heavy atom. The third kappa shape index (κ3) is 2.42. The van der Waals surface area contributed by atoms with Gasteiger partial charge in [-0.25, -0.2) is 0 Å². The number of nitrogens with two attached hydrogens (primary N) is 1. The van der Waals surface area contributed by atoms with Crippen LogP contribution in [0.5, 0.6) is 0 Å². The molecule has 0 aromatic heterocycles. The Bertz CT molecular complexity index is 383. The van der Waals surface area contributed by atoms with E-state index in [0.717, 1.165) is 37.3 Å². The number of rotatable bonds is 1. The van der Waals surface area contributed by atoms with Crippen LogP contribution in [0.4, 0.5) is 11.4 Å². The number of hydrogen-bond acceptors (Lipinski definition) is 3. The molecule has 4 heteroatoms. The Hall–Kier alpha value is -0.930. The van der Waals surface area contributed by atoms with Crippen molar-refractivity contribution in [2.45, 2.75) is 25.4 Å². The van der Waals surface area contributed by atoms with E-state index in [1.807, 2.05) is 19.1 Å². The molecule has 1 saturated heterocycles. The van der Waals surface area contributed by atoms with E-state index in [0.29, 0.717) is 5.02 Å². The molecule has 0 saturated carbocycles. The van der Waals surface area contributed by atoms with Gasteiger partial charge >= 0.3 is 0 Å². The summed E-state index contributed by atoms with van der Waals surface area (Å²) in [7, 11) is 0. The first-order valence-corrected chi connectivity index (χ1v) is 5.88. The average molecular weight is 241 g/mol. The quantitative estimate of drug-likeness (QED) is 0.741. The van der Waals surface area contributed by atoms with Crippen LogP contribution in [-0.4, -0.2) is 23.8 Å². The standard InChI is InChI=1S/C12H17ClN2O/c1-12(16)4-6-15(7-5-12)11-8-9(13)2-3-10(11)14/h2-3,8,16H,4-7,14H2,1H3. The molecule has 0 bridgehead atoms. The van der Waals surface area contributed by atoms with E-state index in [1.165, 1.54) is 0 Å². The van der Waals surface area contributed by atoms with Crippen molar-refractivity contribution in [2.24, 2.45) is 0 Å². The summed E-state index contributed by atoms with van der Waals surface area (Å²) in [6, 6.07) is 5.50. The molecule has 0 radical (unpaired) electrons. The zero-order valence-corrected chi connectivity index (χ0v) is 10.2. The lowest BCUT2D eigenvalue weighted by Crippen LogP contribution is -2.42. The normalized spacial score (nSPS) is 19.8. The predicted molar refractivity (Wildman–Crippen MR) is 67.9 cm³/mol. The molecular weight excluding hydrogens is 224 g/mol. The molecule has 1 aromatic carbocycles. The molecule has 3 N–H and O–H groups in total. The maximum atomic E-state index is 9.88. The van der Waals surface area contributed by atoms with Crippen LogP contribution in [0, 0.1) is 0 Å². The highest BCUT2D eigenvalue weighted by Gasteiger charge is 2.27. The molecule has 0 spiro atoms. The first-order chi connectivity index (χ1) is 7.48. The highest BCUT2D eigenvalue weighted by atomic mass is 35.5. The number of nitrogens with zero attached hydrogens (tertiary/aromatic N) is 1. The molecule has 88 valence electrons. The number of piperidine rings is 1. The van der Waals surface area contributed by atoms with E-state index in [4.69, 9.17) is 17.3 Å². The van der Waals surface area contributed by atoms with Crippen LogP contribution >= 0.6 is 11.6 Å². The molecule has 0 unspecified atom stereocenters. The Kier molecular flexibility index (Phi) is 3.00. The van der Waals surface area contributed by atoms with Crippen LogP contribution < -0.4 is 10.6 Å². The highest BCUT2D eigenvalue weighted by Crippen LogP contribution is 2.31. The third-order valence-electron chi connectivity index (χ3n) is 3.17. The first-order valence-electron chi connectivity index (χ1n) is 5.50. The van der Waals surface area contributed by atoms with E-state index in [9.17, 15) is 5.11 Å². The van der Waals surface area contributed by atoms with Gasteiger partial charge in [-0.1, -0.05) is 11.6 Å². The summed E-state index contributed by atoms with van der Waals surface area (Å²) < 4.78 is 0. The van der Waals surface area contributed by atoms with E-state index >= 15 is 0 Å². The SMILES string of the molecule is CC1(O)CCN(c2cc(Cl)ccc2N)CC1. The Morgan fingerprint density at radius 3 is 2.62 bits per heavy atom.